The van der Waals surface area contributed by atoms with Crippen molar-refractivity contribution in [2.45, 2.75) is 20.3 Å². The van der Waals surface area contributed by atoms with E-state index in [1.807, 2.05) is 12.1 Å². The van der Waals surface area contributed by atoms with Crippen LogP contribution in [0.1, 0.15) is 25.8 Å². The summed E-state index contributed by atoms with van der Waals surface area (Å²) in [6.07, 6.45) is 0.222. The fraction of sp³-hybridized carbons (Fsp3) is 0.353. The van der Waals surface area contributed by atoms with Gasteiger partial charge in [0.2, 0.25) is 0 Å². The zero-order valence-corrected chi connectivity index (χ0v) is 14.7. The van der Waals surface area contributed by atoms with Crippen molar-refractivity contribution in [1.82, 2.24) is 10.2 Å². The summed E-state index contributed by atoms with van der Waals surface area (Å²) in [5.74, 6) is -0.336. The Balaban J connectivity index is 0.000000550. The lowest BCUT2D eigenvalue weighted by atomic mass is 10.1. The number of hydrogen-bond donors (Lipinski definition) is 2. The monoisotopic (exact) mass is 350 g/mol. The molecule has 1 aromatic carbocycles. The van der Waals surface area contributed by atoms with Gasteiger partial charge < -0.3 is 14.6 Å². The van der Waals surface area contributed by atoms with Gasteiger partial charge in [0.15, 0.2) is 11.5 Å². The zero-order chi connectivity index (χ0) is 19.0. The van der Waals surface area contributed by atoms with Gasteiger partial charge in [0.1, 0.15) is 5.75 Å². The topological polar surface area (TPSA) is 105 Å². The van der Waals surface area contributed by atoms with Crippen LogP contribution in [0.25, 0.3) is 5.76 Å². The van der Waals surface area contributed by atoms with Gasteiger partial charge in [0.05, 0.1) is 19.8 Å². The van der Waals surface area contributed by atoms with Crippen molar-refractivity contribution >= 4 is 23.7 Å². The second-order valence-electron chi connectivity index (χ2n) is 4.83. The van der Waals surface area contributed by atoms with Gasteiger partial charge in [0, 0.05) is 13.0 Å². The van der Waals surface area contributed by atoms with Gasteiger partial charge in [-0.2, -0.15) is 0 Å². The summed E-state index contributed by atoms with van der Waals surface area (Å²) in [6, 6.07) is 6.71. The predicted molar refractivity (Wildman–Crippen MR) is 90.8 cm³/mol. The molecule has 8 nitrogen and oxygen atoms in total. The molecule has 0 unspecified atom stereocenters. The van der Waals surface area contributed by atoms with Gasteiger partial charge in [-0.1, -0.05) is 19.1 Å². The van der Waals surface area contributed by atoms with Crippen molar-refractivity contribution in [3.05, 3.63) is 35.5 Å². The third kappa shape index (κ3) is 4.72. The first kappa shape index (κ1) is 20.0. The number of imide groups is 1. The third-order valence-electron chi connectivity index (χ3n) is 3.34. The second kappa shape index (κ2) is 9.31. The Labute approximate surface area is 146 Å². The van der Waals surface area contributed by atoms with Crippen LogP contribution in [-0.4, -0.2) is 48.7 Å². The predicted octanol–water partition coefficient (Wildman–Crippen LogP) is 2.06. The van der Waals surface area contributed by atoms with Gasteiger partial charge in [0.25, 0.3) is 5.91 Å². The van der Waals surface area contributed by atoms with Crippen LogP contribution in [0, 0.1) is 0 Å². The zero-order valence-electron chi connectivity index (χ0n) is 14.7. The van der Waals surface area contributed by atoms with E-state index in [0.717, 1.165) is 0 Å². The molecule has 0 aliphatic carbocycles. The van der Waals surface area contributed by atoms with Gasteiger partial charge in [-0.15, -0.1) is 0 Å². The molecule has 0 bridgehead atoms. The molecule has 1 aliphatic rings. The smallest absolute Gasteiger partial charge is 0.329 e. The molecule has 2 N–H and O–H groups in total. The number of nitrogens with one attached hydrogen (secondary N) is 1. The standard InChI is InChI=1S/C14H16N2O4.C3H6O2/c1-4-16-11(13(17)15-14(16)18)12(20-3)9-7-5-6-8-10(9)19-2;1-2-3(4)5/h5-8H,4H2,1-3H3,(H,15,17,18);2H2,1H3,(H,4,5). The first-order chi connectivity index (χ1) is 11.9. The minimum absolute atomic E-state index is 0.199. The number of nitrogens with zero attached hydrogens (tertiary/aromatic N) is 1. The van der Waals surface area contributed by atoms with Crippen molar-refractivity contribution in [3.63, 3.8) is 0 Å². The van der Waals surface area contributed by atoms with Gasteiger partial charge in [-0.3, -0.25) is 19.8 Å². The van der Waals surface area contributed by atoms with Crippen LogP contribution < -0.4 is 10.1 Å². The number of carboxylic acid groups (broad SMARTS) is 1. The molecular weight excluding hydrogens is 328 g/mol. The molecule has 1 aliphatic heterocycles. The average Bonchev–Trinajstić information content (AvgIpc) is 2.90. The van der Waals surface area contributed by atoms with Crippen LogP contribution in [0.3, 0.4) is 0 Å². The van der Waals surface area contributed by atoms with Crippen LogP contribution in [0.5, 0.6) is 5.75 Å². The molecule has 25 heavy (non-hydrogen) atoms. The Bertz CT molecular complexity index is 683. The molecule has 0 radical (unpaired) electrons. The molecule has 136 valence electrons. The number of likely N-dealkylation sites (N-methyl/N-ethyl adjacent to an activating group) is 1. The molecule has 1 aromatic rings. The van der Waals surface area contributed by atoms with Crippen molar-refractivity contribution in [1.29, 1.82) is 0 Å². The molecule has 0 atom stereocenters. The Morgan fingerprint density at radius 3 is 2.28 bits per heavy atom. The van der Waals surface area contributed by atoms with Crippen LogP contribution >= 0.6 is 0 Å². The largest absolute Gasteiger partial charge is 0.496 e. The first-order valence-corrected chi connectivity index (χ1v) is 7.67. The number of ether oxygens (including phenoxy) is 2. The van der Waals surface area contributed by atoms with E-state index < -0.39 is 17.9 Å². The minimum atomic E-state index is -0.745. The maximum absolute atomic E-state index is 12.0. The molecule has 2 rings (SSSR count). The number of benzene rings is 1. The summed E-state index contributed by atoms with van der Waals surface area (Å²) >= 11 is 0. The van der Waals surface area contributed by atoms with Crippen LogP contribution in [0.15, 0.2) is 30.0 Å². The van der Waals surface area contributed by atoms with Crippen LogP contribution in [0.4, 0.5) is 4.79 Å². The van der Waals surface area contributed by atoms with Crippen LogP contribution in [0.2, 0.25) is 0 Å². The van der Waals surface area contributed by atoms with Gasteiger partial charge >= 0.3 is 12.0 Å². The lowest BCUT2D eigenvalue weighted by Gasteiger charge is -2.17. The molecular formula is C17H22N2O6. The normalized spacial score (nSPS) is 15.1. The third-order valence-corrected chi connectivity index (χ3v) is 3.34. The summed E-state index contributed by atoms with van der Waals surface area (Å²) < 4.78 is 10.6. The van der Waals surface area contributed by atoms with E-state index in [9.17, 15) is 14.4 Å². The summed E-state index contributed by atoms with van der Waals surface area (Å²) in [5, 5.41) is 9.98. The van der Waals surface area contributed by atoms with E-state index in [1.54, 1.807) is 26.0 Å². The maximum Gasteiger partial charge on any atom is 0.329 e. The SMILES string of the molecule is CCC(=O)O.CCN1C(=O)NC(=O)C1=C(OC)c1ccccc1OC. The van der Waals surface area contributed by atoms with Gasteiger partial charge in [-0.05, 0) is 19.1 Å². The average molecular weight is 350 g/mol. The number of aliphatic carboxylic acids is 1. The van der Waals surface area contributed by atoms with E-state index in [4.69, 9.17) is 14.6 Å². The fourth-order valence-electron chi connectivity index (χ4n) is 2.14. The fourth-order valence-corrected chi connectivity index (χ4v) is 2.14. The summed E-state index contributed by atoms with van der Waals surface area (Å²) in [5.41, 5.74) is 0.820. The van der Waals surface area contributed by atoms with E-state index in [0.29, 0.717) is 23.6 Å². The highest BCUT2D eigenvalue weighted by Gasteiger charge is 2.36. The minimum Gasteiger partial charge on any atom is -0.496 e. The molecule has 0 aromatic heterocycles. The summed E-state index contributed by atoms with van der Waals surface area (Å²) in [4.78, 5) is 34.4. The number of carboxylic acids is 1. The molecule has 1 heterocycles. The molecule has 1 saturated heterocycles. The summed E-state index contributed by atoms with van der Waals surface area (Å²) in [7, 11) is 2.99. The molecule has 3 amide bonds. The van der Waals surface area contributed by atoms with E-state index >= 15 is 0 Å². The highest BCUT2D eigenvalue weighted by Crippen LogP contribution is 2.31. The number of carbonyl (C=O) groups is 3. The summed E-state index contributed by atoms with van der Waals surface area (Å²) in [6.45, 7) is 3.75. The Morgan fingerprint density at radius 2 is 1.80 bits per heavy atom. The number of para-hydroxylation sites is 1. The number of carbonyl (C=O) groups excluding carboxylic acids is 2. The van der Waals surface area contributed by atoms with Crippen molar-refractivity contribution < 1.29 is 29.0 Å². The van der Waals surface area contributed by atoms with Crippen molar-refractivity contribution in [2.24, 2.45) is 0 Å². The Hall–Kier alpha value is -3.03. The first-order valence-electron chi connectivity index (χ1n) is 7.67. The highest BCUT2D eigenvalue weighted by atomic mass is 16.5. The number of methoxy groups -OCH3 is 2. The number of amides is 3. The quantitative estimate of drug-likeness (QED) is 0.478. The van der Waals surface area contributed by atoms with Crippen molar-refractivity contribution in [3.8, 4) is 5.75 Å². The molecule has 0 spiro atoms. The number of urea groups is 1. The Morgan fingerprint density at radius 1 is 1.20 bits per heavy atom. The van der Waals surface area contributed by atoms with E-state index in [-0.39, 0.29) is 12.1 Å². The Kier molecular flexibility index (Phi) is 7.45. The second-order valence-corrected chi connectivity index (χ2v) is 4.83. The molecule has 0 saturated carbocycles. The van der Waals surface area contributed by atoms with Crippen molar-refractivity contribution in [2.75, 3.05) is 20.8 Å². The highest BCUT2D eigenvalue weighted by molar-refractivity contribution is 6.15. The lowest BCUT2D eigenvalue weighted by molar-refractivity contribution is -0.136. The molecule has 1 fully saturated rings. The lowest BCUT2D eigenvalue weighted by Crippen LogP contribution is -2.27. The number of rotatable bonds is 5. The van der Waals surface area contributed by atoms with Gasteiger partial charge in [-0.25, -0.2) is 4.79 Å². The molecule has 8 heteroatoms. The van der Waals surface area contributed by atoms with Crippen LogP contribution in [-0.2, 0) is 14.3 Å². The number of hydrogen-bond acceptors (Lipinski definition) is 5. The maximum atomic E-state index is 12.0. The van der Waals surface area contributed by atoms with E-state index in [1.165, 1.54) is 19.1 Å². The van der Waals surface area contributed by atoms with E-state index in [2.05, 4.69) is 5.32 Å².